The molecule has 3 N–H and O–H groups in total. The summed E-state index contributed by atoms with van der Waals surface area (Å²) in [5.74, 6) is 1.86. The summed E-state index contributed by atoms with van der Waals surface area (Å²) in [6.07, 6.45) is 9.54. The Hall–Kier alpha value is -1.93. The quantitative estimate of drug-likeness (QED) is 0.312. The van der Waals surface area contributed by atoms with Crippen LogP contribution < -0.4 is 11.1 Å². The Bertz CT molecular complexity index is 828. The van der Waals surface area contributed by atoms with E-state index < -0.39 is 16.6 Å². The lowest BCUT2D eigenvalue weighted by Crippen LogP contribution is -2.68. The molecule has 8 saturated carbocycles. The van der Waals surface area contributed by atoms with Gasteiger partial charge in [-0.2, -0.15) is 0 Å². The average Bonchev–Trinajstić information content (AvgIpc) is 2.57. The van der Waals surface area contributed by atoms with Crippen molar-refractivity contribution in [3.63, 3.8) is 0 Å². The zero-order chi connectivity index (χ0) is 20.9. The Morgan fingerprint density at radius 1 is 0.800 bits per heavy atom. The Kier molecular flexibility index (Phi) is 3.54. The van der Waals surface area contributed by atoms with E-state index in [0.29, 0.717) is 68.2 Å². The third-order valence-corrected chi connectivity index (χ3v) is 9.55. The standard InChI is InChI=1S/C21H31N5O4/c22-17(23-18-3-13-1-14(4-18)8-20(7-13,11-18)25(27)28)24-19-5-15-2-16(6-19)10-21(9-15,12-19)26(29)30/h13-16H,1-12H2,(H3,22,23,24). The minimum absolute atomic E-state index is 0.0336. The van der Waals surface area contributed by atoms with Gasteiger partial charge in [0.1, 0.15) is 0 Å². The smallest absolute Gasteiger partial charge is 0.225 e. The van der Waals surface area contributed by atoms with Crippen LogP contribution in [-0.2, 0) is 0 Å². The van der Waals surface area contributed by atoms with E-state index in [-0.39, 0.29) is 15.4 Å². The normalized spacial score (nSPS) is 53.1. The molecule has 164 valence electrons. The zero-order valence-corrected chi connectivity index (χ0v) is 17.3. The van der Waals surface area contributed by atoms with Gasteiger partial charge in [-0.1, -0.05) is 0 Å². The van der Waals surface area contributed by atoms with Crippen molar-refractivity contribution in [2.45, 2.75) is 99.2 Å². The highest BCUT2D eigenvalue weighted by atomic mass is 16.6. The first-order chi connectivity index (χ1) is 14.1. The molecule has 30 heavy (non-hydrogen) atoms. The van der Waals surface area contributed by atoms with E-state index in [1.807, 2.05) is 0 Å². The summed E-state index contributed by atoms with van der Waals surface area (Å²) in [5.41, 5.74) is 4.04. The summed E-state index contributed by atoms with van der Waals surface area (Å²) in [7, 11) is 0. The predicted molar refractivity (Wildman–Crippen MR) is 109 cm³/mol. The van der Waals surface area contributed by atoms with Crippen LogP contribution in [-0.4, -0.2) is 38.0 Å². The van der Waals surface area contributed by atoms with E-state index in [0.717, 1.165) is 38.5 Å². The lowest BCUT2D eigenvalue weighted by Gasteiger charge is -2.58. The highest BCUT2D eigenvalue weighted by Gasteiger charge is 2.66. The molecule has 9 nitrogen and oxygen atoms in total. The van der Waals surface area contributed by atoms with E-state index in [9.17, 15) is 20.2 Å². The molecule has 8 fully saturated rings. The van der Waals surface area contributed by atoms with Gasteiger partial charge in [-0.15, -0.1) is 0 Å². The molecule has 4 unspecified atom stereocenters. The average molecular weight is 418 g/mol. The summed E-state index contributed by atoms with van der Waals surface area (Å²) in [5, 5.41) is 27.3. The van der Waals surface area contributed by atoms with Gasteiger partial charge in [0.25, 0.3) is 0 Å². The summed E-state index contributed by atoms with van der Waals surface area (Å²) < 4.78 is 0. The molecule has 0 heterocycles. The second-order valence-electron chi connectivity index (χ2n) is 12.0. The third kappa shape index (κ3) is 2.56. The Balaban J connectivity index is 1.28. The zero-order valence-electron chi connectivity index (χ0n) is 17.3. The topological polar surface area (TPSA) is 137 Å². The molecular weight excluding hydrogens is 386 g/mol. The fourth-order valence-electron chi connectivity index (χ4n) is 9.64. The van der Waals surface area contributed by atoms with Crippen molar-refractivity contribution < 1.29 is 9.85 Å². The van der Waals surface area contributed by atoms with Crippen molar-refractivity contribution in [2.24, 2.45) is 34.4 Å². The first kappa shape index (κ1) is 18.8. The van der Waals surface area contributed by atoms with Crippen molar-refractivity contribution in [3.8, 4) is 0 Å². The molecule has 0 saturated heterocycles. The highest BCUT2D eigenvalue weighted by molar-refractivity contribution is 5.79. The van der Waals surface area contributed by atoms with Crippen LogP contribution in [0.5, 0.6) is 0 Å². The molecule has 0 radical (unpaired) electrons. The molecular formula is C21H31N5O4. The molecule has 0 spiro atoms. The molecule has 0 amide bonds. The van der Waals surface area contributed by atoms with E-state index in [2.05, 4.69) is 5.32 Å². The van der Waals surface area contributed by atoms with Crippen molar-refractivity contribution in [1.82, 2.24) is 5.32 Å². The lowest BCUT2D eigenvalue weighted by molar-refractivity contribution is -0.589. The number of nitro groups is 2. The van der Waals surface area contributed by atoms with Gasteiger partial charge in [0.15, 0.2) is 5.96 Å². The van der Waals surface area contributed by atoms with Crippen molar-refractivity contribution in [1.29, 1.82) is 0 Å². The maximum Gasteiger partial charge on any atom is 0.225 e. The Morgan fingerprint density at radius 3 is 1.77 bits per heavy atom. The van der Waals surface area contributed by atoms with Crippen LogP contribution in [0.15, 0.2) is 4.99 Å². The van der Waals surface area contributed by atoms with Crippen LogP contribution >= 0.6 is 0 Å². The van der Waals surface area contributed by atoms with Crippen LogP contribution in [0.2, 0.25) is 0 Å². The molecule has 9 heteroatoms. The number of hydrogen-bond acceptors (Lipinski definition) is 5. The van der Waals surface area contributed by atoms with Gasteiger partial charge in [0.2, 0.25) is 11.1 Å². The van der Waals surface area contributed by atoms with Crippen LogP contribution in [0.1, 0.15) is 77.0 Å². The van der Waals surface area contributed by atoms with Crippen molar-refractivity contribution in [2.75, 3.05) is 0 Å². The number of aliphatic imine (C=N–C) groups is 1. The number of guanidine groups is 1. The van der Waals surface area contributed by atoms with E-state index in [1.54, 1.807) is 0 Å². The second-order valence-corrected chi connectivity index (χ2v) is 12.0. The third-order valence-electron chi connectivity index (χ3n) is 9.55. The number of nitrogens with zero attached hydrogens (tertiary/aromatic N) is 3. The molecule has 4 atom stereocenters. The van der Waals surface area contributed by atoms with E-state index >= 15 is 0 Å². The van der Waals surface area contributed by atoms with Gasteiger partial charge in [-0.05, 0) is 62.2 Å². The predicted octanol–water partition coefficient (Wildman–Crippen LogP) is 2.63. The van der Waals surface area contributed by atoms with Crippen LogP contribution in [0.3, 0.4) is 0 Å². The summed E-state index contributed by atoms with van der Waals surface area (Å²) in [6, 6.07) is 0. The van der Waals surface area contributed by atoms with Crippen LogP contribution in [0.25, 0.3) is 0 Å². The maximum atomic E-state index is 11.9. The fraction of sp³-hybridized carbons (Fsp3) is 0.952. The minimum Gasteiger partial charge on any atom is -0.370 e. The van der Waals surface area contributed by atoms with Crippen LogP contribution in [0, 0.1) is 43.9 Å². The van der Waals surface area contributed by atoms with E-state index in [4.69, 9.17) is 10.7 Å². The number of nitrogens with one attached hydrogen (secondary N) is 1. The summed E-state index contributed by atoms with van der Waals surface area (Å²) in [4.78, 5) is 28.7. The molecule has 8 rings (SSSR count). The highest BCUT2D eigenvalue weighted by Crippen LogP contribution is 2.61. The number of nitrogens with two attached hydrogens (primary N) is 1. The molecule has 0 aliphatic heterocycles. The Labute approximate surface area is 175 Å². The SMILES string of the molecule is NC(=NC12CC3CC(C1)CC([N+](=O)[O-])(C3)C2)NC12CC3CC(C1)CC([N+](=O)[O-])(C3)C2. The van der Waals surface area contributed by atoms with Gasteiger partial charge in [0, 0.05) is 53.9 Å². The first-order valence-corrected chi connectivity index (χ1v) is 11.6. The minimum atomic E-state index is -0.829. The van der Waals surface area contributed by atoms with Gasteiger partial charge in [-0.25, -0.2) is 4.99 Å². The summed E-state index contributed by atoms with van der Waals surface area (Å²) in [6.45, 7) is 0. The number of hydrogen-bond donors (Lipinski definition) is 2. The second kappa shape index (κ2) is 5.65. The van der Waals surface area contributed by atoms with Crippen molar-refractivity contribution >= 4 is 5.96 Å². The molecule has 8 aliphatic rings. The monoisotopic (exact) mass is 417 g/mol. The number of rotatable bonds is 4. The largest absolute Gasteiger partial charge is 0.370 e. The fourth-order valence-corrected chi connectivity index (χ4v) is 9.64. The molecule has 8 aliphatic carbocycles. The lowest BCUT2D eigenvalue weighted by atomic mass is 9.50. The summed E-state index contributed by atoms with van der Waals surface area (Å²) >= 11 is 0. The van der Waals surface area contributed by atoms with Gasteiger partial charge >= 0.3 is 0 Å². The Morgan fingerprint density at radius 2 is 1.27 bits per heavy atom. The molecule has 0 aromatic rings. The van der Waals surface area contributed by atoms with Gasteiger partial charge < -0.3 is 11.1 Å². The van der Waals surface area contributed by atoms with Crippen LogP contribution in [0.4, 0.5) is 0 Å². The van der Waals surface area contributed by atoms with Crippen molar-refractivity contribution in [3.05, 3.63) is 20.2 Å². The van der Waals surface area contributed by atoms with E-state index in [1.165, 1.54) is 0 Å². The maximum absolute atomic E-state index is 11.9. The molecule has 8 bridgehead atoms. The molecule has 0 aromatic carbocycles. The first-order valence-electron chi connectivity index (χ1n) is 11.6. The van der Waals surface area contributed by atoms with Gasteiger partial charge in [-0.3, -0.25) is 20.2 Å². The van der Waals surface area contributed by atoms with Gasteiger partial charge in [0.05, 0.1) is 5.54 Å². The molecule has 0 aromatic heterocycles.